The van der Waals surface area contributed by atoms with Crippen LogP contribution in [0.15, 0.2) is 6.07 Å². The molecule has 2 aromatic carbocycles. The maximum atomic E-state index is 14.2. The van der Waals surface area contributed by atoms with E-state index in [4.69, 9.17) is 0 Å². The van der Waals surface area contributed by atoms with Crippen LogP contribution in [-0.2, 0) is 0 Å². The molecule has 0 fully saturated rings. The van der Waals surface area contributed by atoms with E-state index in [0.717, 1.165) is 21.9 Å². The lowest BCUT2D eigenvalue weighted by molar-refractivity contribution is 0.359. The zero-order valence-corrected chi connectivity index (χ0v) is 11.8. The standard InChI is InChI=1S/C14H9BF6O/c1-4-5(16)3-6(17)7(10(4)18)8-11(19)9(15)13(21)14(22-2)12(8)20/h3H,15H2,1-2H3. The summed E-state index contributed by atoms with van der Waals surface area (Å²) in [7, 11) is 1.88. The lowest BCUT2D eigenvalue weighted by Crippen LogP contribution is -2.19. The van der Waals surface area contributed by atoms with Crippen LogP contribution >= 0.6 is 0 Å². The van der Waals surface area contributed by atoms with Crippen molar-refractivity contribution in [2.45, 2.75) is 6.92 Å². The summed E-state index contributed by atoms with van der Waals surface area (Å²) in [5.41, 5.74) is -3.55. The van der Waals surface area contributed by atoms with E-state index in [1.54, 1.807) is 0 Å². The van der Waals surface area contributed by atoms with Crippen molar-refractivity contribution in [3.8, 4) is 16.9 Å². The zero-order chi connectivity index (χ0) is 16.8. The molecule has 0 amide bonds. The molecule has 0 bridgehead atoms. The fourth-order valence-corrected chi connectivity index (χ4v) is 2.08. The highest BCUT2D eigenvalue weighted by Crippen LogP contribution is 2.36. The summed E-state index contributed by atoms with van der Waals surface area (Å²) in [5.74, 6) is -9.57. The quantitative estimate of drug-likeness (QED) is 0.611. The molecule has 0 aliphatic rings. The molecular formula is C14H9BF6O. The molecule has 0 unspecified atom stereocenters. The van der Waals surface area contributed by atoms with Crippen molar-refractivity contribution in [1.29, 1.82) is 0 Å². The summed E-state index contributed by atoms with van der Waals surface area (Å²) in [5, 5.41) is 0. The smallest absolute Gasteiger partial charge is 0.190 e. The topological polar surface area (TPSA) is 9.23 Å². The highest BCUT2D eigenvalue weighted by molar-refractivity contribution is 6.33. The number of hydrogen-bond acceptors (Lipinski definition) is 1. The van der Waals surface area contributed by atoms with E-state index in [2.05, 4.69) is 4.74 Å². The van der Waals surface area contributed by atoms with E-state index in [1.165, 1.54) is 0 Å². The van der Waals surface area contributed by atoms with E-state index in [0.29, 0.717) is 6.07 Å². The monoisotopic (exact) mass is 318 g/mol. The second kappa shape index (κ2) is 5.59. The van der Waals surface area contributed by atoms with Crippen LogP contribution in [0.4, 0.5) is 26.3 Å². The van der Waals surface area contributed by atoms with Gasteiger partial charge in [-0.3, -0.25) is 0 Å². The molecule has 0 aromatic heterocycles. The van der Waals surface area contributed by atoms with Gasteiger partial charge in [0, 0.05) is 11.6 Å². The summed E-state index contributed by atoms with van der Waals surface area (Å²) in [6, 6.07) is 0.303. The normalized spacial score (nSPS) is 10.9. The summed E-state index contributed by atoms with van der Waals surface area (Å²) < 4.78 is 87.8. The van der Waals surface area contributed by atoms with Crippen molar-refractivity contribution in [2.24, 2.45) is 0 Å². The van der Waals surface area contributed by atoms with Crippen molar-refractivity contribution in [3.63, 3.8) is 0 Å². The average molecular weight is 318 g/mol. The molecule has 2 rings (SSSR count). The van der Waals surface area contributed by atoms with Gasteiger partial charge < -0.3 is 4.74 Å². The Morgan fingerprint density at radius 1 is 0.818 bits per heavy atom. The lowest BCUT2D eigenvalue weighted by atomic mass is 9.88. The molecular weight excluding hydrogens is 309 g/mol. The third-order valence-corrected chi connectivity index (χ3v) is 3.35. The first-order valence-electron chi connectivity index (χ1n) is 6.07. The molecule has 116 valence electrons. The van der Waals surface area contributed by atoms with Gasteiger partial charge in [-0.1, -0.05) is 0 Å². The van der Waals surface area contributed by atoms with E-state index < -0.39 is 62.8 Å². The van der Waals surface area contributed by atoms with Gasteiger partial charge in [-0.25, -0.2) is 26.3 Å². The minimum absolute atomic E-state index is 0.303. The third kappa shape index (κ3) is 2.22. The SMILES string of the molecule is Bc1c(F)c(OC)c(F)c(-c2c(F)cc(F)c(C)c2F)c1F. The van der Waals surface area contributed by atoms with Gasteiger partial charge in [-0.05, 0) is 12.4 Å². The van der Waals surface area contributed by atoms with E-state index in [1.807, 2.05) is 0 Å². The van der Waals surface area contributed by atoms with Crippen molar-refractivity contribution >= 4 is 13.3 Å². The Morgan fingerprint density at radius 3 is 1.95 bits per heavy atom. The Labute approximate surface area is 122 Å². The Kier molecular flexibility index (Phi) is 4.13. The molecule has 0 radical (unpaired) electrons. The van der Waals surface area contributed by atoms with Crippen molar-refractivity contribution in [2.75, 3.05) is 7.11 Å². The van der Waals surface area contributed by atoms with Crippen molar-refractivity contribution in [3.05, 3.63) is 46.5 Å². The molecule has 0 atom stereocenters. The van der Waals surface area contributed by atoms with Gasteiger partial charge in [0.15, 0.2) is 17.4 Å². The number of rotatable bonds is 2. The lowest BCUT2D eigenvalue weighted by Gasteiger charge is -2.15. The summed E-state index contributed by atoms with van der Waals surface area (Å²) >= 11 is 0. The largest absolute Gasteiger partial charge is 0.491 e. The molecule has 0 spiro atoms. The van der Waals surface area contributed by atoms with Crippen LogP contribution in [0.3, 0.4) is 0 Å². The van der Waals surface area contributed by atoms with Crippen LogP contribution in [0.25, 0.3) is 11.1 Å². The van der Waals surface area contributed by atoms with Gasteiger partial charge in [0.1, 0.15) is 31.1 Å². The zero-order valence-electron chi connectivity index (χ0n) is 11.8. The first-order chi connectivity index (χ1) is 10.2. The van der Waals surface area contributed by atoms with Crippen LogP contribution in [0, 0.1) is 41.8 Å². The van der Waals surface area contributed by atoms with Gasteiger partial charge in [0.2, 0.25) is 0 Å². The number of benzene rings is 2. The van der Waals surface area contributed by atoms with Crippen LogP contribution in [-0.4, -0.2) is 15.0 Å². The van der Waals surface area contributed by atoms with Crippen LogP contribution < -0.4 is 10.2 Å². The fraction of sp³-hybridized carbons (Fsp3) is 0.143. The van der Waals surface area contributed by atoms with Gasteiger partial charge in [0.05, 0.1) is 18.2 Å². The van der Waals surface area contributed by atoms with Crippen LogP contribution in [0.5, 0.6) is 5.75 Å². The summed E-state index contributed by atoms with van der Waals surface area (Å²) in [4.78, 5) is 0. The molecule has 0 N–H and O–H groups in total. The molecule has 1 nitrogen and oxygen atoms in total. The van der Waals surface area contributed by atoms with Gasteiger partial charge in [-0.15, -0.1) is 0 Å². The first-order valence-corrected chi connectivity index (χ1v) is 6.07. The van der Waals surface area contributed by atoms with Crippen molar-refractivity contribution in [1.82, 2.24) is 0 Å². The van der Waals surface area contributed by atoms with E-state index in [-0.39, 0.29) is 0 Å². The second-order valence-corrected chi connectivity index (χ2v) is 4.63. The second-order valence-electron chi connectivity index (χ2n) is 4.63. The minimum Gasteiger partial charge on any atom is -0.491 e. The Bertz CT molecular complexity index is 775. The van der Waals surface area contributed by atoms with Crippen LogP contribution in [0.1, 0.15) is 5.56 Å². The molecule has 0 saturated carbocycles. The minimum atomic E-state index is -1.60. The molecule has 0 heterocycles. The predicted octanol–water partition coefficient (Wildman–Crippen LogP) is 2.76. The number of methoxy groups -OCH3 is 1. The molecule has 0 aliphatic heterocycles. The van der Waals surface area contributed by atoms with Crippen LogP contribution in [0.2, 0.25) is 0 Å². The van der Waals surface area contributed by atoms with Gasteiger partial charge in [0.25, 0.3) is 0 Å². The molecule has 22 heavy (non-hydrogen) atoms. The maximum absolute atomic E-state index is 14.2. The van der Waals surface area contributed by atoms with E-state index in [9.17, 15) is 26.3 Å². The fourth-order valence-electron chi connectivity index (χ4n) is 2.08. The van der Waals surface area contributed by atoms with Gasteiger partial charge >= 0.3 is 0 Å². The average Bonchev–Trinajstić information content (AvgIpc) is 2.47. The molecule has 8 heteroatoms. The summed E-state index contributed by atoms with van der Waals surface area (Å²) in [6.07, 6.45) is 0. The first kappa shape index (κ1) is 16.3. The van der Waals surface area contributed by atoms with Crippen molar-refractivity contribution < 1.29 is 31.1 Å². The van der Waals surface area contributed by atoms with Gasteiger partial charge in [-0.2, -0.15) is 0 Å². The highest BCUT2D eigenvalue weighted by Gasteiger charge is 2.29. The summed E-state index contributed by atoms with van der Waals surface area (Å²) in [6.45, 7) is 0.983. The molecule has 0 aliphatic carbocycles. The third-order valence-electron chi connectivity index (χ3n) is 3.35. The highest BCUT2D eigenvalue weighted by atomic mass is 19.2. The Balaban J connectivity index is 2.97. The molecule has 0 saturated heterocycles. The number of hydrogen-bond donors (Lipinski definition) is 0. The Hall–Kier alpha value is -2.12. The van der Waals surface area contributed by atoms with E-state index >= 15 is 0 Å². The number of ether oxygens (including phenoxy) is 1. The molecule has 2 aromatic rings. The maximum Gasteiger partial charge on any atom is 0.190 e. The predicted molar refractivity (Wildman–Crippen MR) is 71.1 cm³/mol. The Morgan fingerprint density at radius 2 is 1.41 bits per heavy atom. The number of halogens is 6.